The fourth-order valence-corrected chi connectivity index (χ4v) is 2.61. The van der Waals surface area contributed by atoms with E-state index in [1.165, 1.54) is 11.3 Å². The molecule has 0 aromatic carbocycles. The highest BCUT2D eigenvalue weighted by Gasteiger charge is 2.21. The third kappa shape index (κ3) is 5.83. The van der Waals surface area contributed by atoms with Crippen molar-refractivity contribution in [2.24, 2.45) is 5.41 Å². The van der Waals surface area contributed by atoms with Crippen LogP contribution in [0.15, 0.2) is 0 Å². The molecule has 1 aromatic rings. The van der Waals surface area contributed by atoms with Crippen molar-refractivity contribution >= 4 is 22.4 Å². The predicted molar refractivity (Wildman–Crippen MR) is 83.4 cm³/mol. The standard InChI is InChI=1S/C13H25N5OS/c1-6-7-14-12-17-16-11(20-12)10(19)15-8-13(2,3)9-18(4)5/h6-9H2,1-5H3,(H,14,17)(H,15,19). The Morgan fingerprint density at radius 1 is 1.35 bits per heavy atom. The van der Waals surface area contributed by atoms with Crippen molar-refractivity contribution in [1.82, 2.24) is 20.4 Å². The van der Waals surface area contributed by atoms with Gasteiger partial charge in [-0.3, -0.25) is 4.79 Å². The van der Waals surface area contributed by atoms with Gasteiger partial charge in [0.15, 0.2) is 0 Å². The Morgan fingerprint density at radius 2 is 2.05 bits per heavy atom. The summed E-state index contributed by atoms with van der Waals surface area (Å²) < 4.78 is 0. The highest BCUT2D eigenvalue weighted by Crippen LogP contribution is 2.17. The van der Waals surface area contributed by atoms with Gasteiger partial charge in [0, 0.05) is 19.6 Å². The lowest BCUT2D eigenvalue weighted by Gasteiger charge is -2.28. The Morgan fingerprint density at radius 3 is 2.65 bits per heavy atom. The quantitative estimate of drug-likeness (QED) is 0.764. The summed E-state index contributed by atoms with van der Waals surface area (Å²) in [6, 6.07) is 0. The second-order valence-corrected chi connectivity index (χ2v) is 6.90. The second-order valence-electron chi connectivity index (χ2n) is 5.92. The summed E-state index contributed by atoms with van der Waals surface area (Å²) in [7, 11) is 4.06. The number of hydrogen-bond donors (Lipinski definition) is 2. The average Bonchev–Trinajstić information content (AvgIpc) is 2.80. The number of hydrogen-bond acceptors (Lipinski definition) is 6. The molecule has 20 heavy (non-hydrogen) atoms. The Balaban J connectivity index is 2.48. The molecule has 2 N–H and O–H groups in total. The van der Waals surface area contributed by atoms with Gasteiger partial charge in [0.05, 0.1) is 0 Å². The summed E-state index contributed by atoms with van der Waals surface area (Å²) in [5.74, 6) is -0.154. The SMILES string of the molecule is CCCNc1nnc(C(=O)NCC(C)(C)CN(C)C)s1. The molecule has 0 atom stereocenters. The van der Waals surface area contributed by atoms with E-state index in [1.54, 1.807) is 0 Å². The summed E-state index contributed by atoms with van der Waals surface area (Å²) in [6.07, 6.45) is 1.01. The summed E-state index contributed by atoms with van der Waals surface area (Å²) in [6.45, 7) is 8.69. The largest absolute Gasteiger partial charge is 0.360 e. The minimum Gasteiger partial charge on any atom is -0.360 e. The number of anilines is 1. The molecular weight excluding hydrogens is 274 g/mol. The number of carbonyl (C=O) groups excluding carboxylic acids is 1. The number of amides is 1. The summed E-state index contributed by atoms with van der Waals surface area (Å²) >= 11 is 1.29. The van der Waals surface area contributed by atoms with Crippen LogP contribution >= 0.6 is 11.3 Å². The lowest BCUT2D eigenvalue weighted by molar-refractivity contribution is 0.0928. The molecule has 7 heteroatoms. The minimum absolute atomic E-state index is 0.0210. The number of nitrogens with zero attached hydrogens (tertiary/aromatic N) is 3. The van der Waals surface area contributed by atoms with Gasteiger partial charge in [-0.05, 0) is 25.9 Å². The fraction of sp³-hybridized carbons (Fsp3) is 0.769. The number of nitrogens with one attached hydrogen (secondary N) is 2. The molecule has 1 amide bonds. The Hall–Kier alpha value is -1.21. The first kappa shape index (κ1) is 16.8. The molecule has 114 valence electrons. The van der Waals surface area contributed by atoms with Crippen LogP contribution in [0.3, 0.4) is 0 Å². The van der Waals surface area contributed by atoms with Crippen LogP contribution in [-0.4, -0.2) is 54.7 Å². The van der Waals surface area contributed by atoms with E-state index < -0.39 is 0 Å². The zero-order valence-corrected chi connectivity index (χ0v) is 13.8. The molecule has 0 radical (unpaired) electrons. The predicted octanol–water partition coefficient (Wildman–Crippen LogP) is 1.68. The molecule has 0 fully saturated rings. The van der Waals surface area contributed by atoms with Gasteiger partial charge >= 0.3 is 0 Å². The van der Waals surface area contributed by atoms with Gasteiger partial charge in [0.25, 0.3) is 5.91 Å². The van der Waals surface area contributed by atoms with Crippen LogP contribution in [0.4, 0.5) is 5.13 Å². The van der Waals surface area contributed by atoms with Crippen LogP contribution in [0.25, 0.3) is 0 Å². The number of carbonyl (C=O) groups is 1. The van der Waals surface area contributed by atoms with Gasteiger partial charge in [-0.25, -0.2) is 0 Å². The van der Waals surface area contributed by atoms with E-state index in [-0.39, 0.29) is 11.3 Å². The molecule has 0 saturated heterocycles. The van der Waals surface area contributed by atoms with Crippen LogP contribution in [0, 0.1) is 5.41 Å². The van der Waals surface area contributed by atoms with E-state index in [2.05, 4.69) is 46.5 Å². The maximum absolute atomic E-state index is 12.0. The van der Waals surface area contributed by atoms with E-state index in [4.69, 9.17) is 0 Å². The highest BCUT2D eigenvalue weighted by molar-refractivity contribution is 7.17. The van der Waals surface area contributed by atoms with Crippen molar-refractivity contribution in [2.75, 3.05) is 39.0 Å². The number of rotatable bonds is 8. The van der Waals surface area contributed by atoms with E-state index >= 15 is 0 Å². The molecule has 0 aliphatic carbocycles. The van der Waals surface area contributed by atoms with E-state index in [1.807, 2.05) is 14.1 Å². The van der Waals surface area contributed by atoms with Crippen LogP contribution in [-0.2, 0) is 0 Å². The van der Waals surface area contributed by atoms with E-state index in [0.29, 0.717) is 16.7 Å². The minimum atomic E-state index is -0.154. The van der Waals surface area contributed by atoms with Gasteiger partial charge in [0.1, 0.15) is 0 Å². The first-order chi connectivity index (χ1) is 9.34. The smallest absolute Gasteiger partial charge is 0.282 e. The molecule has 1 rings (SSSR count). The van der Waals surface area contributed by atoms with Gasteiger partial charge < -0.3 is 15.5 Å². The van der Waals surface area contributed by atoms with Gasteiger partial charge in [-0.15, -0.1) is 10.2 Å². The normalized spacial score (nSPS) is 11.7. The van der Waals surface area contributed by atoms with Crippen molar-refractivity contribution in [1.29, 1.82) is 0 Å². The maximum Gasteiger partial charge on any atom is 0.282 e. The molecule has 0 aliphatic heterocycles. The molecule has 0 unspecified atom stereocenters. The van der Waals surface area contributed by atoms with E-state index in [0.717, 1.165) is 19.5 Å². The number of aromatic nitrogens is 2. The lowest BCUT2D eigenvalue weighted by Crippen LogP contribution is -2.39. The Kier molecular flexibility index (Phi) is 6.35. The van der Waals surface area contributed by atoms with Gasteiger partial charge in [-0.1, -0.05) is 32.1 Å². The van der Waals surface area contributed by atoms with Crippen molar-refractivity contribution in [3.05, 3.63) is 5.01 Å². The van der Waals surface area contributed by atoms with Gasteiger partial charge in [0.2, 0.25) is 10.1 Å². The highest BCUT2D eigenvalue weighted by atomic mass is 32.1. The second kappa shape index (κ2) is 7.54. The molecule has 0 spiro atoms. The first-order valence-corrected chi connectivity index (χ1v) is 7.66. The average molecular weight is 299 g/mol. The molecule has 0 bridgehead atoms. The fourth-order valence-electron chi connectivity index (χ4n) is 1.93. The molecule has 1 heterocycles. The summed E-state index contributed by atoms with van der Waals surface area (Å²) in [5, 5.41) is 15.0. The molecule has 6 nitrogen and oxygen atoms in total. The summed E-state index contributed by atoms with van der Waals surface area (Å²) in [5.41, 5.74) is 0.0210. The Labute approximate surface area is 125 Å². The molecule has 0 aliphatic rings. The van der Waals surface area contributed by atoms with Crippen molar-refractivity contribution in [2.45, 2.75) is 27.2 Å². The molecular formula is C13H25N5OS. The first-order valence-electron chi connectivity index (χ1n) is 6.84. The lowest BCUT2D eigenvalue weighted by atomic mass is 9.93. The topological polar surface area (TPSA) is 70.1 Å². The van der Waals surface area contributed by atoms with E-state index in [9.17, 15) is 4.79 Å². The molecule has 1 aromatic heterocycles. The van der Waals surface area contributed by atoms with Crippen LogP contribution in [0.1, 0.15) is 37.0 Å². The third-order valence-electron chi connectivity index (χ3n) is 2.62. The Bertz CT molecular complexity index is 430. The van der Waals surface area contributed by atoms with Crippen molar-refractivity contribution < 1.29 is 4.79 Å². The van der Waals surface area contributed by atoms with Crippen LogP contribution < -0.4 is 10.6 Å². The monoisotopic (exact) mass is 299 g/mol. The van der Waals surface area contributed by atoms with Crippen LogP contribution in [0.2, 0.25) is 0 Å². The maximum atomic E-state index is 12.0. The van der Waals surface area contributed by atoms with Gasteiger partial charge in [-0.2, -0.15) is 0 Å². The van der Waals surface area contributed by atoms with Crippen LogP contribution in [0.5, 0.6) is 0 Å². The third-order valence-corrected chi connectivity index (χ3v) is 3.50. The zero-order valence-electron chi connectivity index (χ0n) is 13.0. The molecule has 0 saturated carbocycles. The van der Waals surface area contributed by atoms with Crippen molar-refractivity contribution in [3.8, 4) is 0 Å². The zero-order chi connectivity index (χ0) is 15.2. The summed E-state index contributed by atoms with van der Waals surface area (Å²) in [4.78, 5) is 14.1. The van der Waals surface area contributed by atoms with Crippen molar-refractivity contribution in [3.63, 3.8) is 0 Å².